The summed E-state index contributed by atoms with van der Waals surface area (Å²) >= 11 is 0. The predicted octanol–water partition coefficient (Wildman–Crippen LogP) is 1.85. The van der Waals surface area contributed by atoms with Crippen LogP contribution in [0.5, 0.6) is 11.5 Å². The monoisotopic (exact) mass is 272 g/mol. The average molecular weight is 272 g/mol. The van der Waals surface area contributed by atoms with Crippen LogP contribution in [0.2, 0.25) is 0 Å². The van der Waals surface area contributed by atoms with Gasteiger partial charge in [-0.15, -0.1) is 0 Å². The molecule has 0 aliphatic carbocycles. The number of nitrogens with zero attached hydrogens (tertiary/aromatic N) is 4. The van der Waals surface area contributed by atoms with Gasteiger partial charge in [0.05, 0.1) is 24.4 Å². The Kier molecular flexibility index (Phi) is 2.86. The zero-order chi connectivity index (χ0) is 14.1. The van der Waals surface area contributed by atoms with E-state index in [2.05, 4.69) is 15.2 Å². The number of phenols is 1. The minimum atomic E-state index is 0.0192. The van der Waals surface area contributed by atoms with E-state index in [-0.39, 0.29) is 11.6 Å². The van der Waals surface area contributed by atoms with Gasteiger partial charge in [0.2, 0.25) is 5.82 Å². The van der Waals surface area contributed by atoms with Gasteiger partial charge in [-0.2, -0.15) is 10.1 Å². The molecule has 3 rings (SSSR count). The summed E-state index contributed by atoms with van der Waals surface area (Å²) < 4.78 is 11.8. The van der Waals surface area contributed by atoms with E-state index in [4.69, 9.17) is 9.26 Å². The van der Waals surface area contributed by atoms with Crippen LogP contribution in [-0.4, -0.2) is 32.1 Å². The third kappa shape index (κ3) is 2.09. The summed E-state index contributed by atoms with van der Waals surface area (Å²) in [6.07, 6.45) is 3.42. The van der Waals surface area contributed by atoms with Crippen molar-refractivity contribution < 1.29 is 14.4 Å². The molecular weight excluding hydrogens is 260 g/mol. The van der Waals surface area contributed by atoms with Crippen LogP contribution in [0.4, 0.5) is 0 Å². The second kappa shape index (κ2) is 4.69. The van der Waals surface area contributed by atoms with Crippen LogP contribution < -0.4 is 4.74 Å². The highest BCUT2D eigenvalue weighted by Gasteiger charge is 2.15. The normalized spacial score (nSPS) is 10.7. The van der Waals surface area contributed by atoms with Crippen molar-refractivity contribution in [1.82, 2.24) is 19.9 Å². The molecule has 0 spiro atoms. The summed E-state index contributed by atoms with van der Waals surface area (Å²) in [6, 6.07) is 4.86. The van der Waals surface area contributed by atoms with Gasteiger partial charge in [-0.25, -0.2) is 0 Å². The number of methoxy groups -OCH3 is 1. The Bertz CT molecular complexity index is 748. The molecule has 0 saturated carbocycles. The maximum atomic E-state index is 9.94. The lowest BCUT2D eigenvalue weighted by Crippen LogP contribution is -1.85. The van der Waals surface area contributed by atoms with E-state index in [0.717, 1.165) is 5.56 Å². The molecule has 7 heteroatoms. The largest absolute Gasteiger partial charge is 0.507 e. The van der Waals surface area contributed by atoms with E-state index < -0.39 is 0 Å². The van der Waals surface area contributed by atoms with Crippen molar-refractivity contribution in [1.29, 1.82) is 0 Å². The number of aromatic hydroxyl groups is 1. The SMILES string of the molecule is COc1ccc(-c2nc(-c3cnn(C)c3)no2)c(O)c1. The molecule has 1 aromatic carbocycles. The van der Waals surface area contributed by atoms with Crippen LogP contribution in [-0.2, 0) is 7.05 Å². The number of hydrogen-bond donors (Lipinski definition) is 1. The van der Waals surface area contributed by atoms with Crippen LogP contribution in [0.3, 0.4) is 0 Å². The molecule has 0 bridgehead atoms. The van der Waals surface area contributed by atoms with Crippen LogP contribution in [0.15, 0.2) is 35.1 Å². The molecule has 0 saturated heterocycles. The Balaban J connectivity index is 1.98. The van der Waals surface area contributed by atoms with Gasteiger partial charge in [-0.1, -0.05) is 5.16 Å². The van der Waals surface area contributed by atoms with Crippen LogP contribution in [0, 0.1) is 0 Å². The summed E-state index contributed by atoms with van der Waals surface area (Å²) in [5.41, 5.74) is 1.20. The molecule has 20 heavy (non-hydrogen) atoms. The van der Waals surface area contributed by atoms with Crippen molar-refractivity contribution in [2.45, 2.75) is 0 Å². The third-order valence-electron chi connectivity index (χ3n) is 2.82. The number of aryl methyl sites for hydroxylation is 1. The number of benzene rings is 1. The van der Waals surface area contributed by atoms with E-state index in [1.165, 1.54) is 13.2 Å². The van der Waals surface area contributed by atoms with Gasteiger partial charge in [-0.3, -0.25) is 4.68 Å². The molecular formula is C13H12N4O3. The molecule has 0 fully saturated rings. The highest BCUT2D eigenvalue weighted by molar-refractivity contribution is 5.65. The van der Waals surface area contributed by atoms with E-state index in [1.807, 2.05) is 0 Å². The molecule has 102 valence electrons. The molecule has 2 aromatic heterocycles. The Morgan fingerprint density at radius 1 is 1.35 bits per heavy atom. The van der Waals surface area contributed by atoms with Gasteiger partial charge in [0, 0.05) is 19.3 Å². The van der Waals surface area contributed by atoms with Gasteiger partial charge < -0.3 is 14.4 Å². The first-order valence-corrected chi connectivity index (χ1v) is 5.87. The molecule has 0 aliphatic rings. The Morgan fingerprint density at radius 3 is 2.85 bits per heavy atom. The average Bonchev–Trinajstić information content (AvgIpc) is 3.07. The van der Waals surface area contributed by atoms with E-state index in [9.17, 15) is 5.11 Å². The number of rotatable bonds is 3. The van der Waals surface area contributed by atoms with Crippen molar-refractivity contribution in [2.24, 2.45) is 7.05 Å². The molecule has 0 aliphatic heterocycles. The maximum Gasteiger partial charge on any atom is 0.262 e. The van der Waals surface area contributed by atoms with Gasteiger partial charge in [-0.05, 0) is 12.1 Å². The van der Waals surface area contributed by atoms with Gasteiger partial charge >= 0.3 is 0 Å². The van der Waals surface area contributed by atoms with Crippen molar-refractivity contribution >= 4 is 0 Å². The summed E-state index contributed by atoms with van der Waals surface area (Å²) in [6.45, 7) is 0. The van der Waals surface area contributed by atoms with Crippen molar-refractivity contribution in [3.63, 3.8) is 0 Å². The summed E-state index contributed by atoms with van der Waals surface area (Å²) in [5, 5.41) is 17.9. The minimum absolute atomic E-state index is 0.0192. The topological polar surface area (TPSA) is 86.2 Å². The van der Waals surface area contributed by atoms with Crippen LogP contribution in [0.1, 0.15) is 0 Å². The van der Waals surface area contributed by atoms with E-state index in [1.54, 1.807) is 36.3 Å². The fourth-order valence-corrected chi connectivity index (χ4v) is 1.81. The molecule has 7 nitrogen and oxygen atoms in total. The van der Waals surface area contributed by atoms with E-state index >= 15 is 0 Å². The number of ether oxygens (including phenoxy) is 1. The molecule has 2 heterocycles. The third-order valence-corrected chi connectivity index (χ3v) is 2.82. The van der Waals surface area contributed by atoms with Gasteiger partial charge in [0.15, 0.2) is 0 Å². The predicted molar refractivity (Wildman–Crippen MR) is 70.2 cm³/mol. The smallest absolute Gasteiger partial charge is 0.262 e. The highest BCUT2D eigenvalue weighted by atomic mass is 16.5. The van der Waals surface area contributed by atoms with E-state index in [0.29, 0.717) is 17.1 Å². The fourth-order valence-electron chi connectivity index (χ4n) is 1.81. The number of phenolic OH excluding ortho intramolecular Hbond substituents is 1. The quantitative estimate of drug-likeness (QED) is 0.783. The minimum Gasteiger partial charge on any atom is -0.507 e. The first-order chi connectivity index (χ1) is 9.67. The Morgan fingerprint density at radius 2 is 2.20 bits per heavy atom. The fraction of sp³-hybridized carbons (Fsp3) is 0.154. The molecule has 1 N–H and O–H groups in total. The highest BCUT2D eigenvalue weighted by Crippen LogP contribution is 2.32. The van der Waals surface area contributed by atoms with Crippen LogP contribution >= 0.6 is 0 Å². The summed E-state index contributed by atoms with van der Waals surface area (Å²) in [5.74, 6) is 1.23. The Labute approximate surface area is 114 Å². The lowest BCUT2D eigenvalue weighted by Gasteiger charge is -2.02. The molecule has 0 unspecified atom stereocenters. The number of hydrogen-bond acceptors (Lipinski definition) is 6. The second-order valence-electron chi connectivity index (χ2n) is 4.21. The Hall–Kier alpha value is -2.83. The van der Waals surface area contributed by atoms with Gasteiger partial charge in [0.25, 0.3) is 5.89 Å². The summed E-state index contributed by atoms with van der Waals surface area (Å²) in [4.78, 5) is 4.25. The molecule has 0 radical (unpaired) electrons. The molecule has 3 aromatic rings. The lowest BCUT2D eigenvalue weighted by atomic mass is 10.2. The summed E-state index contributed by atoms with van der Waals surface area (Å²) in [7, 11) is 3.33. The van der Waals surface area contributed by atoms with Crippen molar-refractivity contribution in [3.05, 3.63) is 30.6 Å². The molecule has 0 amide bonds. The first-order valence-electron chi connectivity index (χ1n) is 5.87. The maximum absolute atomic E-state index is 9.94. The second-order valence-corrected chi connectivity index (χ2v) is 4.21. The zero-order valence-corrected chi connectivity index (χ0v) is 10.9. The first kappa shape index (κ1) is 12.2. The lowest BCUT2D eigenvalue weighted by molar-refractivity contribution is 0.405. The van der Waals surface area contributed by atoms with Crippen molar-refractivity contribution in [3.8, 4) is 34.3 Å². The van der Waals surface area contributed by atoms with Crippen LogP contribution in [0.25, 0.3) is 22.8 Å². The standard InChI is InChI=1S/C13H12N4O3/c1-17-7-8(6-14-17)12-15-13(20-16-12)10-4-3-9(19-2)5-11(10)18/h3-7,18H,1-2H3. The number of aromatic nitrogens is 4. The molecule has 0 atom stereocenters. The van der Waals surface area contributed by atoms with Gasteiger partial charge in [0.1, 0.15) is 11.5 Å². The zero-order valence-electron chi connectivity index (χ0n) is 10.9. The van der Waals surface area contributed by atoms with Crippen molar-refractivity contribution in [2.75, 3.05) is 7.11 Å².